The van der Waals surface area contributed by atoms with Crippen molar-refractivity contribution in [2.75, 3.05) is 47.5 Å². The Kier molecular flexibility index (Phi) is 50.8. The van der Waals surface area contributed by atoms with E-state index in [-0.39, 0.29) is 25.6 Å². The van der Waals surface area contributed by atoms with Crippen molar-refractivity contribution in [3.63, 3.8) is 0 Å². The number of carbonyl (C=O) groups is 2. The molecule has 0 aromatic carbocycles. The Hall–Kier alpha value is -1.77. The summed E-state index contributed by atoms with van der Waals surface area (Å²) in [5, 5.41) is 0. The Morgan fingerprint density at radius 1 is 0.443 bits per heavy atom. The van der Waals surface area contributed by atoms with Gasteiger partial charge in [-0.1, -0.05) is 256 Å². The average molecular weight is 1010 g/mol. The number of rotatable bonds is 55. The second-order valence-corrected chi connectivity index (χ2v) is 22.8. The molecule has 10 heteroatoms. The van der Waals surface area contributed by atoms with Gasteiger partial charge < -0.3 is 18.9 Å². The second-order valence-electron chi connectivity index (χ2n) is 21.4. The third-order valence-electron chi connectivity index (χ3n) is 13.2. The van der Waals surface area contributed by atoms with Crippen LogP contribution in [0.25, 0.3) is 0 Å². The number of likely N-dealkylation sites (N-methyl/N-ethyl adjacent to an activating group) is 1. The summed E-state index contributed by atoms with van der Waals surface area (Å²) in [4.78, 5) is 35.7. The number of ether oxygens (including phenoxy) is 2. The summed E-state index contributed by atoms with van der Waals surface area (Å²) in [6.45, 7) is 4.47. The van der Waals surface area contributed by atoms with Gasteiger partial charge in [0, 0.05) is 12.8 Å². The van der Waals surface area contributed by atoms with Crippen LogP contribution >= 0.6 is 7.82 Å². The van der Waals surface area contributed by atoms with Crippen molar-refractivity contribution in [3.05, 3.63) is 36.5 Å². The monoisotopic (exact) mass is 1010 g/mol. The van der Waals surface area contributed by atoms with Crippen molar-refractivity contribution in [1.82, 2.24) is 0 Å². The average Bonchev–Trinajstić information content (AvgIpc) is 3.32. The van der Waals surface area contributed by atoms with E-state index in [1.807, 2.05) is 21.1 Å². The molecule has 0 aliphatic rings. The fraction of sp³-hybridized carbons (Fsp3) is 0.867. The molecular formula is C60H115NO8P+. The van der Waals surface area contributed by atoms with Crippen LogP contribution in [0.5, 0.6) is 0 Å². The first-order valence-corrected chi connectivity index (χ1v) is 31.2. The van der Waals surface area contributed by atoms with Crippen LogP contribution in [0.2, 0.25) is 0 Å². The van der Waals surface area contributed by atoms with Crippen molar-refractivity contribution >= 4 is 19.8 Å². The van der Waals surface area contributed by atoms with E-state index >= 15 is 0 Å². The Bertz CT molecular complexity index is 1280. The lowest BCUT2D eigenvalue weighted by atomic mass is 10.0. The van der Waals surface area contributed by atoms with E-state index in [1.54, 1.807) is 0 Å². The summed E-state index contributed by atoms with van der Waals surface area (Å²) < 4.78 is 34.6. The Labute approximate surface area is 433 Å². The van der Waals surface area contributed by atoms with Crippen LogP contribution in [0.1, 0.15) is 284 Å². The molecule has 0 radical (unpaired) electrons. The molecule has 0 aliphatic heterocycles. The van der Waals surface area contributed by atoms with Crippen molar-refractivity contribution in [3.8, 4) is 0 Å². The summed E-state index contributed by atoms with van der Waals surface area (Å²) in [5.41, 5.74) is 0. The number of quaternary nitrogens is 1. The number of carbonyl (C=O) groups excluding carboxylic acids is 2. The minimum atomic E-state index is -4.38. The molecule has 412 valence electrons. The summed E-state index contributed by atoms with van der Waals surface area (Å²) in [6, 6.07) is 0. The van der Waals surface area contributed by atoms with Gasteiger partial charge in [0.2, 0.25) is 0 Å². The highest BCUT2D eigenvalue weighted by Crippen LogP contribution is 2.43. The summed E-state index contributed by atoms with van der Waals surface area (Å²) >= 11 is 0. The maximum Gasteiger partial charge on any atom is 0.472 e. The predicted molar refractivity (Wildman–Crippen MR) is 298 cm³/mol. The summed E-state index contributed by atoms with van der Waals surface area (Å²) in [6.07, 6.45) is 63.5. The standard InChI is InChI=1S/C60H114NO8P/c1-6-8-10-12-14-16-18-20-22-24-25-26-27-28-29-30-31-32-33-34-35-37-39-41-43-45-47-49-51-53-60(63)69-58(57-68-70(64,65)67-55-54-61(3,4)5)56-66-59(62)52-50-48-46-44-42-40-38-36-23-21-19-17-15-13-11-9-7-2/h18,20,24-25,27-28,58H,6-17,19,21-23,26,29-57H2,1-5H3/p+1/b20-18-,25-24-,28-27-. The number of nitrogens with zero attached hydrogens (tertiary/aromatic N) is 1. The zero-order chi connectivity index (χ0) is 51.3. The summed E-state index contributed by atoms with van der Waals surface area (Å²) in [7, 11) is 1.49. The second kappa shape index (κ2) is 52.1. The van der Waals surface area contributed by atoms with Crippen molar-refractivity contribution in [2.45, 2.75) is 290 Å². The number of unbranched alkanes of at least 4 members (excludes halogenated alkanes) is 35. The van der Waals surface area contributed by atoms with Crippen molar-refractivity contribution < 1.29 is 42.1 Å². The van der Waals surface area contributed by atoms with Gasteiger partial charge >= 0.3 is 19.8 Å². The van der Waals surface area contributed by atoms with E-state index in [9.17, 15) is 19.0 Å². The zero-order valence-corrected chi connectivity index (χ0v) is 47.7. The molecule has 0 aliphatic carbocycles. The minimum Gasteiger partial charge on any atom is -0.462 e. The van der Waals surface area contributed by atoms with Crippen LogP contribution in [0, 0.1) is 0 Å². The molecule has 70 heavy (non-hydrogen) atoms. The first-order chi connectivity index (χ1) is 34.0. The van der Waals surface area contributed by atoms with E-state index in [4.69, 9.17) is 18.5 Å². The maximum absolute atomic E-state index is 12.8. The van der Waals surface area contributed by atoms with Crippen LogP contribution in [0.3, 0.4) is 0 Å². The van der Waals surface area contributed by atoms with Gasteiger partial charge in [0.25, 0.3) is 0 Å². The molecule has 0 aromatic heterocycles. The van der Waals surface area contributed by atoms with Gasteiger partial charge in [-0.3, -0.25) is 18.6 Å². The highest BCUT2D eigenvalue weighted by Gasteiger charge is 2.27. The molecule has 0 rings (SSSR count). The number of hydrogen-bond donors (Lipinski definition) is 1. The molecular weight excluding hydrogens is 894 g/mol. The van der Waals surface area contributed by atoms with Gasteiger partial charge in [0.15, 0.2) is 6.10 Å². The molecule has 9 nitrogen and oxygen atoms in total. The number of phosphoric ester groups is 1. The maximum atomic E-state index is 12.8. The molecule has 0 fully saturated rings. The molecule has 0 saturated heterocycles. The number of allylic oxidation sites excluding steroid dienone is 6. The lowest BCUT2D eigenvalue weighted by Gasteiger charge is -2.24. The molecule has 0 amide bonds. The van der Waals surface area contributed by atoms with Gasteiger partial charge in [-0.05, 0) is 51.4 Å². The number of hydrogen-bond acceptors (Lipinski definition) is 7. The van der Waals surface area contributed by atoms with E-state index < -0.39 is 26.5 Å². The van der Waals surface area contributed by atoms with E-state index in [0.717, 1.165) is 44.9 Å². The normalized spacial score (nSPS) is 13.5. The lowest BCUT2D eigenvalue weighted by molar-refractivity contribution is -0.870. The fourth-order valence-electron chi connectivity index (χ4n) is 8.55. The van der Waals surface area contributed by atoms with Crippen LogP contribution < -0.4 is 0 Å². The summed E-state index contributed by atoms with van der Waals surface area (Å²) in [5.74, 6) is -0.784. The Morgan fingerprint density at radius 2 is 0.771 bits per heavy atom. The van der Waals surface area contributed by atoms with Crippen molar-refractivity contribution in [1.29, 1.82) is 0 Å². The highest BCUT2D eigenvalue weighted by molar-refractivity contribution is 7.47. The van der Waals surface area contributed by atoms with E-state index in [1.165, 1.54) is 205 Å². The van der Waals surface area contributed by atoms with Crippen molar-refractivity contribution in [2.24, 2.45) is 0 Å². The molecule has 0 heterocycles. The Morgan fingerprint density at radius 3 is 1.14 bits per heavy atom. The number of esters is 2. The molecule has 1 N–H and O–H groups in total. The van der Waals surface area contributed by atoms with E-state index in [2.05, 4.69) is 50.3 Å². The van der Waals surface area contributed by atoms with Gasteiger partial charge in [0.05, 0.1) is 27.7 Å². The largest absolute Gasteiger partial charge is 0.472 e. The topological polar surface area (TPSA) is 108 Å². The molecule has 0 saturated carbocycles. The zero-order valence-electron chi connectivity index (χ0n) is 46.8. The fourth-order valence-corrected chi connectivity index (χ4v) is 9.30. The van der Waals surface area contributed by atoms with Gasteiger partial charge in [0.1, 0.15) is 19.8 Å². The first kappa shape index (κ1) is 68.2. The minimum absolute atomic E-state index is 0.0337. The van der Waals surface area contributed by atoms with Crippen LogP contribution in [0.4, 0.5) is 0 Å². The first-order valence-electron chi connectivity index (χ1n) is 29.7. The van der Waals surface area contributed by atoms with Crippen LogP contribution in [-0.2, 0) is 32.7 Å². The van der Waals surface area contributed by atoms with Gasteiger partial charge in [-0.2, -0.15) is 0 Å². The lowest BCUT2D eigenvalue weighted by Crippen LogP contribution is -2.37. The molecule has 2 unspecified atom stereocenters. The van der Waals surface area contributed by atoms with E-state index in [0.29, 0.717) is 23.9 Å². The molecule has 0 aromatic rings. The van der Waals surface area contributed by atoms with Gasteiger partial charge in [-0.15, -0.1) is 0 Å². The smallest absolute Gasteiger partial charge is 0.462 e. The van der Waals surface area contributed by atoms with Crippen LogP contribution in [-0.4, -0.2) is 74.9 Å². The quantitative estimate of drug-likeness (QED) is 0.0211. The Balaban J connectivity index is 4.09. The third-order valence-corrected chi connectivity index (χ3v) is 14.2. The SMILES string of the molecule is CCCCCCC/C=C\C/C=C\C/C=C\CCCCCCCCCCCCCCCCC(=O)OC(COC(=O)CCCCCCCCCCCCCCCCCCC)COP(=O)(O)OCC[N+](C)(C)C. The molecule has 0 bridgehead atoms. The van der Waals surface area contributed by atoms with Crippen LogP contribution in [0.15, 0.2) is 36.5 Å². The number of phosphoric acid groups is 1. The van der Waals surface area contributed by atoms with Gasteiger partial charge in [-0.25, -0.2) is 4.57 Å². The third kappa shape index (κ3) is 55.5. The highest BCUT2D eigenvalue weighted by atomic mass is 31.2. The molecule has 2 atom stereocenters. The predicted octanol–water partition coefficient (Wildman–Crippen LogP) is 18.4. The molecule has 0 spiro atoms.